The Bertz CT molecular complexity index is 1230. The van der Waals surface area contributed by atoms with Gasteiger partial charge in [-0.15, -0.1) is 26.5 Å². The molecule has 2 N–H and O–H groups in total. The second-order valence-electron chi connectivity index (χ2n) is 8.68. The molecule has 1 aromatic heterocycles. The maximum absolute atomic E-state index is 12.1. The molecule has 2 amide bonds. The number of nitrogens with zero attached hydrogens (tertiary/aromatic N) is 2. The van der Waals surface area contributed by atoms with Crippen molar-refractivity contribution in [3.05, 3.63) is 83.6 Å². The summed E-state index contributed by atoms with van der Waals surface area (Å²) in [6.45, 7) is 5.88. The smallest absolute Gasteiger partial charge is 0.496 e. The number of nitrogens with one attached hydrogen (secondary N) is 2. The van der Waals surface area contributed by atoms with E-state index in [0.29, 0.717) is 21.3 Å². The summed E-state index contributed by atoms with van der Waals surface area (Å²) >= 11 is 3.28. The van der Waals surface area contributed by atoms with Crippen molar-refractivity contribution in [2.45, 2.75) is 39.2 Å². The maximum Gasteiger partial charge on any atom is 1.00 e. The summed E-state index contributed by atoms with van der Waals surface area (Å²) in [4.78, 5) is 38.5. The number of halogens is 1. The van der Waals surface area contributed by atoms with Crippen LogP contribution in [-0.4, -0.2) is 34.8 Å². The van der Waals surface area contributed by atoms with Gasteiger partial charge in [0.15, 0.2) is 0 Å². The number of carbonyl (C=O) groups is 2. The Kier molecular flexibility index (Phi) is 13.8. The summed E-state index contributed by atoms with van der Waals surface area (Å²) in [7, 11) is 1.64. The molecule has 10 heteroatoms. The number of carbonyl (C=O) groups excluding carboxylic acids is 3. The number of amides is 2. The van der Waals surface area contributed by atoms with Crippen molar-refractivity contribution in [1.82, 2.24) is 9.55 Å². The number of methoxy groups -OCH3 is 1. The number of hydrogen-bond acceptors (Lipinski definition) is 5. The monoisotopic (exact) mass is 604 g/mol. The molecule has 4 rings (SSSR count). The van der Waals surface area contributed by atoms with Crippen LogP contribution >= 0.6 is 15.9 Å². The van der Waals surface area contributed by atoms with Crippen LogP contribution in [0.1, 0.15) is 42.4 Å². The third-order valence-electron chi connectivity index (χ3n) is 5.96. The molecule has 2 aromatic carbocycles. The standard InChI is InChI=1S/C15H20NO2.C13H10BrN3O2.K/c1-11-8-9-13(10-14(11)18-2)16-15(17)12-6-4-3-5-7-12;1-9-10(7-18)4-11(5-12(9)14)16-13(19)6-17-3-2-15-8-17;/h3,8-10,12H,4-7H2,1-2H3,(H,16,17);2-5,8H,1,6H2,(H,16,19);/q-1;-2;+1. The molecule has 1 saturated carbocycles. The Morgan fingerprint density at radius 3 is 2.58 bits per heavy atom. The van der Waals surface area contributed by atoms with Crippen LogP contribution in [0.4, 0.5) is 11.4 Å². The number of aromatic nitrogens is 2. The summed E-state index contributed by atoms with van der Waals surface area (Å²) in [5.74, 6) is 0.889. The summed E-state index contributed by atoms with van der Waals surface area (Å²) in [5.41, 5.74) is 3.26. The molecule has 1 aliphatic carbocycles. The van der Waals surface area contributed by atoms with E-state index in [-0.39, 0.29) is 75.7 Å². The van der Waals surface area contributed by atoms with Gasteiger partial charge < -0.3 is 31.2 Å². The van der Waals surface area contributed by atoms with E-state index in [0.717, 1.165) is 42.7 Å². The molecule has 1 fully saturated rings. The Morgan fingerprint density at radius 2 is 1.95 bits per heavy atom. The minimum absolute atomic E-state index is 0. The fraction of sp³-hybridized carbons (Fsp3) is 0.286. The molecule has 196 valence electrons. The molecule has 38 heavy (non-hydrogen) atoms. The van der Waals surface area contributed by atoms with Gasteiger partial charge >= 0.3 is 51.4 Å². The van der Waals surface area contributed by atoms with E-state index in [2.05, 4.69) is 44.9 Å². The van der Waals surface area contributed by atoms with Gasteiger partial charge in [0, 0.05) is 30.1 Å². The fourth-order valence-electron chi connectivity index (χ4n) is 3.88. The number of hydrogen-bond donors (Lipinski definition) is 2. The predicted octanol–water partition coefficient (Wildman–Crippen LogP) is 2.26. The van der Waals surface area contributed by atoms with Crippen molar-refractivity contribution >= 4 is 45.4 Å². The van der Waals surface area contributed by atoms with Crippen molar-refractivity contribution in [2.75, 3.05) is 17.7 Å². The maximum atomic E-state index is 12.1. The molecular weight excluding hydrogens is 575 g/mol. The summed E-state index contributed by atoms with van der Waals surface area (Å²) < 4.78 is 7.55. The van der Waals surface area contributed by atoms with Gasteiger partial charge in [0.25, 0.3) is 0 Å². The van der Waals surface area contributed by atoms with Gasteiger partial charge in [0.05, 0.1) is 13.4 Å². The number of aryl methyl sites for hydroxylation is 1. The first-order valence-electron chi connectivity index (χ1n) is 11.9. The molecule has 0 saturated heterocycles. The Hall–Kier alpha value is -1.95. The first kappa shape index (κ1) is 32.3. The van der Waals surface area contributed by atoms with Crippen LogP contribution in [-0.2, 0) is 20.9 Å². The van der Waals surface area contributed by atoms with Crippen LogP contribution in [0.5, 0.6) is 5.75 Å². The molecule has 0 aliphatic heterocycles. The molecular formula is C28H30BrKN4O4-2. The van der Waals surface area contributed by atoms with Gasteiger partial charge in [-0.3, -0.25) is 27.6 Å². The number of anilines is 2. The summed E-state index contributed by atoms with van der Waals surface area (Å²) in [6.07, 6.45) is 12.9. The Labute approximate surface area is 274 Å². The van der Waals surface area contributed by atoms with Gasteiger partial charge in [-0.2, -0.15) is 18.9 Å². The van der Waals surface area contributed by atoms with Crippen molar-refractivity contribution in [2.24, 2.45) is 5.92 Å². The normalized spacial score (nSPS) is 12.8. The number of imidazole rings is 1. The average molecular weight is 606 g/mol. The number of rotatable bonds is 7. The van der Waals surface area contributed by atoms with E-state index >= 15 is 0 Å². The van der Waals surface area contributed by atoms with Crippen LogP contribution in [0.25, 0.3) is 0 Å². The first-order chi connectivity index (χ1) is 17.8. The van der Waals surface area contributed by atoms with Gasteiger partial charge in [-0.25, -0.2) is 4.98 Å². The van der Waals surface area contributed by atoms with Crippen molar-refractivity contribution in [1.29, 1.82) is 0 Å². The van der Waals surface area contributed by atoms with E-state index < -0.39 is 0 Å². The van der Waals surface area contributed by atoms with Crippen LogP contribution in [0.2, 0.25) is 0 Å². The first-order valence-corrected chi connectivity index (χ1v) is 12.7. The van der Waals surface area contributed by atoms with E-state index in [1.54, 1.807) is 42.8 Å². The molecule has 1 heterocycles. The molecule has 8 nitrogen and oxygen atoms in total. The van der Waals surface area contributed by atoms with E-state index in [1.165, 1.54) is 6.07 Å². The molecule has 0 atom stereocenters. The molecule has 3 aromatic rings. The minimum atomic E-state index is -0.210. The van der Waals surface area contributed by atoms with Crippen LogP contribution in [0.15, 0.2) is 53.5 Å². The Balaban J connectivity index is 0.000000260. The zero-order valence-corrected chi connectivity index (χ0v) is 26.6. The fourth-order valence-corrected chi connectivity index (χ4v) is 4.34. The third-order valence-corrected chi connectivity index (χ3v) is 6.67. The SMILES string of the molecule is COc1cc(NC(=O)C2CC[CH-]CC2)ccc1C.[CH2-]c1c(Br)cc(NC(=O)Cn2ccnc2)cc1[C-]=O.[K+]. The van der Waals surface area contributed by atoms with Gasteiger partial charge in [0.2, 0.25) is 11.8 Å². The zero-order valence-electron chi connectivity index (χ0n) is 21.9. The van der Waals surface area contributed by atoms with E-state index in [9.17, 15) is 14.4 Å². The summed E-state index contributed by atoms with van der Waals surface area (Å²) in [6, 6.07) is 8.98. The summed E-state index contributed by atoms with van der Waals surface area (Å²) in [5, 5.41) is 5.68. The predicted molar refractivity (Wildman–Crippen MR) is 147 cm³/mol. The average Bonchev–Trinajstić information content (AvgIpc) is 3.41. The van der Waals surface area contributed by atoms with Crippen LogP contribution < -0.4 is 66.8 Å². The largest absolute Gasteiger partial charge is 1.00 e. The molecule has 0 bridgehead atoms. The number of benzene rings is 2. The van der Waals surface area contributed by atoms with Gasteiger partial charge in [-0.05, 0) is 30.5 Å². The third kappa shape index (κ3) is 9.66. The topological polar surface area (TPSA) is 102 Å². The molecule has 0 unspecified atom stereocenters. The second-order valence-corrected chi connectivity index (χ2v) is 9.54. The second kappa shape index (κ2) is 16.2. The van der Waals surface area contributed by atoms with Crippen LogP contribution in [0.3, 0.4) is 0 Å². The van der Waals surface area contributed by atoms with Crippen molar-refractivity contribution < 1.29 is 70.5 Å². The Morgan fingerprint density at radius 1 is 1.21 bits per heavy atom. The molecule has 0 spiro atoms. The zero-order chi connectivity index (χ0) is 26.8. The van der Waals surface area contributed by atoms with Crippen molar-refractivity contribution in [3.8, 4) is 5.75 Å². The quantitative estimate of drug-likeness (QED) is 0.318. The van der Waals surface area contributed by atoms with Crippen molar-refractivity contribution in [3.63, 3.8) is 0 Å². The van der Waals surface area contributed by atoms with E-state index in [1.807, 2.05) is 25.1 Å². The van der Waals surface area contributed by atoms with Crippen LogP contribution in [0, 0.1) is 26.2 Å². The molecule has 1 aliphatic rings. The van der Waals surface area contributed by atoms with E-state index in [4.69, 9.17) is 4.74 Å². The van der Waals surface area contributed by atoms with Gasteiger partial charge in [-0.1, -0.05) is 18.9 Å². The number of ether oxygens (including phenoxy) is 1. The molecule has 0 radical (unpaired) electrons. The minimum Gasteiger partial charge on any atom is -0.496 e. The van der Waals surface area contributed by atoms with Gasteiger partial charge in [0.1, 0.15) is 12.3 Å².